The molecule has 0 aromatic rings. The zero-order valence-electron chi connectivity index (χ0n) is 11.7. The SMILES string of the molecule is CCCNC(=O)CN(C)C(=O)N1CC(O)C[C@H]1C(=O)O. The van der Waals surface area contributed by atoms with Crippen LogP contribution in [0.4, 0.5) is 4.79 Å². The number of carbonyl (C=O) groups is 3. The summed E-state index contributed by atoms with van der Waals surface area (Å²) in [5.74, 6) is -1.45. The van der Waals surface area contributed by atoms with Gasteiger partial charge in [0.15, 0.2) is 0 Å². The van der Waals surface area contributed by atoms with Crippen molar-refractivity contribution >= 4 is 17.9 Å². The van der Waals surface area contributed by atoms with Crippen LogP contribution in [0.25, 0.3) is 0 Å². The van der Waals surface area contributed by atoms with Crippen LogP contribution in [0, 0.1) is 0 Å². The first-order valence-electron chi connectivity index (χ1n) is 6.56. The number of rotatable bonds is 5. The molecule has 0 bridgehead atoms. The van der Waals surface area contributed by atoms with E-state index in [1.165, 1.54) is 7.05 Å². The number of hydrogen-bond acceptors (Lipinski definition) is 4. The van der Waals surface area contributed by atoms with Gasteiger partial charge in [-0.3, -0.25) is 4.79 Å². The molecule has 20 heavy (non-hydrogen) atoms. The van der Waals surface area contributed by atoms with Crippen LogP contribution in [-0.4, -0.2) is 76.7 Å². The molecular weight excluding hydrogens is 266 g/mol. The number of amides is 3. The Kier molecular flexibility index (Phi) is 5.75. The number of carboxylic acid groups (broad SMARTS) is 1. The molecule has 1 aliphatic heterocycles. The minimum absolute atomic E-state index is 0.0109. The second-order valence-corrected chi connectivity index (χ2v) is 4.88. The summed E-state index contributed by atoms with van der Waals surface area (Å²) >= 11 is 0. The predicted octanol–water partition coefficient (Wildman–Crippen LogP) is -0.916. The number of carboxylic acids is 1. The first-order valence-corrected chi connectivity index (χ1v) is 6.56. The number of aliphatic hydroxyl groups is 1. The van der Waals surface area contributed by atoms with Gasteiger partial charge >= 0.3 is 12.0 Å². The van der Waals surface area contributed by atoms with E-state index in [1.54, 1.807) is 0 Å². The summed E-state index contributed by atoms with van der Waals surface area (Å²) in [6.07, 6.45) is -0.0397. The van der Waals surface area contributed by atoms with E-state index >= 15 is 0 Å². The molecule has 3 N–H and O–H groups in total. The van der Waals surface area contributed by atoms with Gasteiger partial charge in [0.25, 0.3) is 0 Å². The van der Waals surface area contributed by atoms with Gasteiger partial charge in [0.05, 0.1) is 6.10 Å². The number of likely N-dealkylation sites (N-methyl/N-ethyl adjacent to an activating group) is 1. The highest BCUT2D eigenvalue weighted by Gasteiger charge is 2.40. The van der Waals surface area contributed by atoms with Gasteiger partial charge in [-0.05, 0) is 6.42 Å². The van der Waals surface area contributed by atoms with Crippen LogP contribution in [-0.2, 0) is 9.59 Å². The second-order valence-electron chi connectivity index (χ2n) is 4.88. The quantitative estimate of drug-likeness (QED) is 0.606. The maximum atomic E-state index is 12.1. The second kappa shape index (κ2) is 7.09. The van der Waals surface area contributed by atoms with Crippen LogP contribution < -0.4 is 5.32 Å². The Morgan fingerprint density at radius 2 is 2.05 bits per heavy atom. The van der Waals surface area contributed by atoms with E-state index in [4.69, 9.17) is 5.11 Å². The van der Waals surface area contributed by atoms with E-state index in [0.717, 1.165) is 16.2 Å². The fourth-order valence-electron chi connectivity index (χ4n) is 2.08. The van der Waals surface area contributed by atoms with Crippen molar-refractivity contribution in [2.24, 2.45) is 0 Å². The summed E-state index contributed by atoms with van der Waals surface area (Å²) < 4.78 is 0. The lowest BCUT2D eigenvalue weighted by molar-refractivity contribution is -0.141. The van der Waals surface area contributed by atoms with Crippen molar-refractivity contribution < 1.29 is 24.6 Å². The molecule has 0 radical (unpaired) electrons. The van der Waals surface area contributed by atoms with Gasteiger partial charge in [0, 0.05) is 26.6 Å². The van der Waals surface area contributed by atoms with E-state index in [1.807, 2.05) is 6.92 Å². The Labute approximate surface area is 117 Å². The fourth-order valence-corrected chi connectivity index (χ4v) is 2.08. The fraction of sp³-hybridized carbons (Fsp3) is 0.750. The van der Waals surface area contributed by atoms with Crippen LogP contribution in [0.5, 0.6) is 0 Å². The standard InChI is InChI=1S/C12H21N3O5/c1-3-4-13-10(17)7-14(2)12(20)15-6-8(16)5-9(15)11(18)19/h8-9,16H,3-7H2,1-2H3,(H,13,17)(H,18,19)/t8?,9-/m0/s1. The van der Waals surface area contributed by atoms with Gasteiger partial charge in [-0.15, -0.1) is 0 Å². The molecule has 0 aromatic heterocycles. The zero-order valence-corrected chi connectivity index (χ0v) is 11.7. The molecule has 1 unspecified atom stereocenters. The first-order chi connectivity index (χ1) is 9.36. The van der Waals surface area contributed by atoms with E-state index < -0.39 is 24.1 Å². The summed E-state index contributed by atoms with van der Waals surface area (Å²) in [4.78, 5) is 36.9. The first kappa shape index (κ1) is 16.2. The van der Waals surface area contributed by atoms with Gasteiger partial charge in [0.1, 0.15) is 12.6 Å². The van der Waals surface area contributed by atoms with Crippen LogP contribution in [0.2, 0.25) is 0 Å². The van der Waals surface area contributed by atoms with E-state index in [-0.39, 0.29) is 25.4 Å². The van der Waals surface area contributed by atoms with Crippen LogP contribution in [0.15, 0.2) is 0 Å². The highest BCUT2D eigenvalue weighted by molar-refractivity contribution is 5.87. The number of urea groups is 1. The lowest BCUT2D eigenvalue weighted by atomic mass is 10.2. The molecular formula is C12H21N3O5. The van der Waals surface area contributed by atoms with E-state index in [2.05, 4.69) is 5.32 Å². The Hall–Kier alpha value is -1.83. The summed E-state index contributed by atoms with van der Waals surface area (Å²) in [5, 5.41) is 21.2. The Morgan fingerprint density at radius 3 is 2.60 bits per heavy atom. The van der Waals surface area contributed by atoms with Gasteiger partial charge < -0.3 is 25.3 Å². The molecule has 2 atom stereocenters. The van der Waals surface area contributed by atoms with Gasteiger partial charge in [-0.1, -0.05) is 6.92 Å². The smallest absolute Gasteiger partial charge is 0.326 e. The minimum Gasteiger partial charge on any atom is -0.480 e. The average Bonchev–Trinajstić information content (AvgIpc) is 2.77. The lowest BCUT2D eigenvalue weighted by Gasteiger charge is -2.27. The van der Waals surface area contributed by atoms with Crippen molar-refractivity contribution in [1.29, 1.82) is 0 Å². The Morgan fingerprint density at radius 1 is 1.40 bits per heavy atom. The molecule has 8 heteroatoms. The van der Waals surface area contributed by atoms with Crippen LogP contribution in [0.3, 0.4) is 0 Å². The zero-order chi connectivity index (χ0) is 15.3. The summed E-state index contributed by atoms with van der Waals surface area (Å²) in [6.45, 7) is 2.27. The molecule has 1 rings (SSSR count). The largest absolute Gasteiger partial charge is 0.480 e. The molecule has 0 aliphatic carbocycles. The highest BCUT2D eigenvalue weighted by atomic mass is 16.4. The number of β-amino-alcohol motifs (C(OH)–C–C–N with tert-alkyl or cyclic N) is 1. The third-order valence-corrected chi connectivity index (χ3v) is 3.09. The number of hydrogen-bond donors (Lipinski definition) is 3. The maximum Gasteiger partial charge on any atom is 0.326 e. The molecule has 1 heterocycles. The molecule has 3 amide bonds. The van der Waals surface area contributed by atoms with Gasteiger partial charge in [-0.25, -0.2) is 9.59 Å². The number of nitrogens with one attached hydrogen (secondary N) is 1. The summed E-state index contributed by atoms with van der Waals surface area (Å²) in [6, 6.07) is -1.61. The lowest BCUT2D eigenvalue weighted by Crippen LogP contribution is -2.49. The normalized spacial score (nSPS) is 21.6. The van der Waals surface area contributed by atoms with Gasteiger partial charge in [-0.2, -0.15) is 0 Å². The third kappa shape index (κ3) is 4.09. The maximum absolute atomic E-state index is 12.1. The topological polar surface area (TPSA) is 110 Å². The van der Waals surface area contributed by atoms with Crippen LogP contribution in [0.1, 0.15) is 19.8 Å². The number of carbonyl (C=O) groups excluding carboxylic acids is 2. The minimum atomic E-state index is -1.15. The van der Waals surface area contributed by atoms with Crippen molar-refractivity contribution in [3.63, 3.8) is 0 Å². The third-order valence-electron chi connectivity index (χ3n) is 3.09. The summed E-state index contributed by atoms with van der Waals surface area (Å²) in [7, 11) is 1.43. The Balaban J connectivity index is 2.59. The predicted molar refractivity (Wildman–Crippen MR) is 70.1 cm³/mol. The molecule has 1 aliphatic rings. The number of nitrogens with zero attached hydrogens (tertiary/aromatic N) is 2. The van der Waals surface area contributed by atoms with Gasteiger partial charge in [0.2, 0.25) is 5.91 Å². The van der Waals surface area contributed by atoms with E-state index in [9.17, 15) is 19.5 Å². The van der Waals surface area contributed by atoms with Crippen molar-refractivity contribution in [2.75, 3.05) is 26.7 Å². The summed E-state index contributed by atoms with van der Waals surface area (Å²) in [5.41, 5.74) is 0. The average molecular weight is 287 g/mol. The molecule has 1 saturated heterocycles. The number of aliphatic carboxylic acids is 1. The van der Waals surface area contributed by atoms with Crippen molar-refractivity contribution in [3.8, 4) is 0 Å². The molecule has 8 nitrogen and oxygen atoms in total. The highest BCUT2D eigenvalue weighted by Crippen LogP contribution is 2.19. The number of likely N-dealkylation sites (tertiary alicyclic amines) is 1. The molecule has 1 fully saturated rings. The molecule has 0 saturated carbocycles. The monoisotopic (exact) mass is 287 g/mol. The molecule has 114 valence electrons. The van der Waals surface area contributed by atoms with Crippen LogP contribution >= 0.6 is 0 Å². The Bertz CT molecular complexity index is 387. The molecule has 0 aromatic carbocycles. The van der Waals surface area contributed by atoms with Crippen molar-refractivity contribution in [3.05, 3.63) is 0 Å². The molecule has 0 spiro atoms. The van der Waals surface area contributed by atoms with Crippen molar-refractivity contribution in [1.82, 2.24) is 15.1 Å². The number of aliphatic hydroxyl groups excluding tert-OH is 1. The van der Waals surface area contributed by atoms with E-state index in [0.29, 0.717) is 6.54 Å². The van der Waals surface area contributed by atoms with Crippen molar-refractivity contribution in [2.45, 2.75) is 31.9 Å².